The van der Waals surface area contributed by atoms with Gasteiger partial charge in [-0.1, -0.05) is 12.0 Å². The van der Waals surface area contributed by atoms with E-state index in [0.717, 1.165) is 0 Å². The van der Waals surface area contributed by atoms with Gasteiger partial charge >= 0.3 is 0 Å². The van der Waals surface area contributed by atoms with Gasteiger partial charge in [-0.05, 0) is 11.4 Å². The molecule has 1 aliphatic heterocycles. The summed E-state index contributed by atoms with van der Waals surface area (Å²) in [6, 6.07) is -0.268. The second-order valence-corrected chi connectivity index (χ2v) is 3.43. The minimum atomic E-state index is -0.397. The zero-order chi connectivity index (χ0) is 10.6. The van der Waals surface area contributed by atoms with E-state index in [4.69, 9.17) is 20.1 Å². The fraction of sp³-hybridized carbons (Fsp3) is 1.00. The highest BCUT2D eigenvalue weighted by molar-refractivity contribution is 4.91. The van der Waals surface area contributed by atoms with Crippen LogP contribution in [0.15, 0.2) is 5.11 Å². The Morgan fingerprint density at radius 1 is 1.71 bits per heavy atom. The highest BCUT2D eigenvalue weighted by Gasteiger charge is 2.37. The lowest BCUT2D eigenvalue weighted by atomic mass is 9.92. The second kappa shape index (κ2) is 5.17. The molecular formula is C8H15N3O3. The molecule has 4 atom stereocenters. The highest BCUT2D eigenvalue weighted by atomic mass is 16.5. The predicted octanol–water partition coefficient (Wildman–Crippen LogP) is 0.707. The van der Waals surface area contributed by atoms with Crippen molar-refractivity contribution in [2.75, 3.05) is 20.3 Å². The molecule has 0 spiro atoms. The number of azide groups is 1. The van der Waals surface area contributed by atoms with Crippen molar-refractivity contribution in [1.29, 1.82) is 0 Å². The standard InChI is InChI=1S/C8H15N3O3/c1-5-4-14-6(3-12)8(13-2)7(5)10-11-9/h5-8,12H,3-4H2,1-2H3/t5?,6?,7-,8+/m1/s1. The Balaban J connectivity index is 2.78. The molecular weight excluding hydrogens is 186 g/mol. The van der Waals surface area contributed by atoms with Gasteiger partial charge in [0.25, 0.3) is 0 Å². The Labute approximate surface area is 82.4 Å². The van der Waals surface area contributed by atoms with E-state index in [0.29, 0.717) is 6.61 Å². The van der Waals surface area contributed by atoms with E-state index in [2.05, 4.69) is 10.0 Å². The minimum Gasteiger partial charge on any atom is -0.394 e. The van der Waals surface area contributed by atoms with Gasteiger partial charge in [0, 0.05) is 12.0 Å². The number of methoxy groups -OCH3 is 1. The first kappa shape index (κ1) is 11.3. The number of hydrogen-bond acceptors (Lipinski definition) is 4. The molecule has 1 N–H and O–H groups in total. The summed E-state index contributed by atoms with van der Waals surface area (Å²) >= 11 is 0. The molecule has 0 aromatic rings. The summed E-state index contributed by atoms with van der Waals surface area (Å²) in [6.45, 7) is 2.29. The lowest BCUT2D eigenvalue weighted by molar-refractivity contribution is -0.135. The summed E-state index contributed by atoms with van der Waals surface area (Å²) in [7, 11) is 1.52. The predicted molar refractivity (Wildman–Crippen MR) is 49.7 cm³/mol. The molecule has 2 unspecified atom stereocenters. The Morgan fingerprint density at radius 3 is 2.93 bits per heavy atom. The summed E-state index contributed by atoms with van der Waals surface area (Å²) < 4.78 is 10.5. The molecule has 1 rings (SSSR count). The smallest absolute Gasteiger partial charge is 0.107 e. The number of rotatable bonds is 3. The summed E-state index contributed by atoms with van der Waals surface area (Å²) in [5, 5.41) is 12.7. The topological polar surface area (TPSA) is 87.5 Å². The molecule has 0 aliphatic carbocycles. The van der Waals surface area contributed by atoms with Crippen LogP contribution in [0.3, 0.4) is 0 Å². The number of nitrogens with zero attached hydrogens (tertiary/aromatic N) is 3. The summed E-state index contributed by atoms with van der Waals surface area (Å²) in [5.74, 6) is 0.110. The second-order valence-electron chi connectivity index (χ2n) is 3.43. The van der Waals surface area contributed by atoms with Gasteiger partial charge in [0.2, 0.25) is 0 Å². The minimum absolute atomic E-state index is 0.110. The van der Waals surface area contributed by atoms with E-state index in [9.17, 15) is 0 Å². The molecule has 1 heterocycles. The van der Waals surface area contributed by atoms with Gasteiger partial charge in [-0.15, -0.1) is 0 Å². The van der Waals surface area contributed by atoms with Crippen molar-refractivity contribution in [3.8, 4) is 0 Å². The van der Waals surface area contributed by atoms with Gasteiger partial charge in [0.05, 0.1) is 25.4 Å². The summed E-state index contributed by atoms with van der Waals surface area (Å²) in [4.78, 5) is 2.78. The molecule has 0 radical (unpaired) electrons. The first-order chi connectivity index (χ1) is 6.74. The molecule has 0 bridgehead atoms. The van der Waals surface area contributed by atoms with Crippen LogP contribution in [0.4, 0.5) is 0 Å². The van der Waals surface area contributed by atoms with Gasteiger partial charge in [0.15, 0.2) is 0 Å². The normalized spacial score (nSPS) is 37.6. The lowest BCUT2D eigenvalue weighted by Crippen LogP contribution is -2.50. The van der Waals surface area contributed by atoms with Crippen molar-refractivity contribution in [1.82, 2.24) is 0 Å². The Kier molecular flexibility index (Phi) is 4.16. The van der Waals surface area contributed by atoms with E-state index >= 15 is 0 Å². The van der Waals surface area contributed by atoms with Gasteiger partial charge in [-0.25, -0.2) is 0 Å². The van der Waals surface area contributed by atoms with Crippen molar-refractivity contribution in [2.45, 2.75) is 25.2 Å². The zero-order valence-corrected chi connectivity index (χ0v) is 8.33. The fourth-order valence-corrected chi connectivity index (χ4v) is 1.70. The maximum atomic E-state index is 9.03. The number of ether oxygens (including phenoxy) is 2. The number of aliphatic hydroxyl groups is 1. The van der Waals surface area contributed by atoms with E-state index in [1.165, 1.54) is 7.11 Å². The van der Waals surface area contributed by atoms with E-state index in [1.54, 1.807) is 0 Å². The fourth-order valence-electron chi connectivity index (χ4n) is 1.70. The third-order valence-electron chi connectivity index (χ3n) is 2.50. The van der Waals surface area contributed by atoms with Crippen molar-refractivity contribution in [3.63, 3.8) is 0 Å². The third-order valence-corrected chi connectivity index (χ3v) is 2.50. The van der Waals surface area contributed by atoms with Crippen LogP contribution in [0.5, 0.6) is 0 Å². The van der Waals surface area contributed by atoms with E-state index in [-0.39, 0.29) is 24.7 Å². The maximum absolute atomic E-state index is 9.03. The van der Waals surface area contributed by atoms with Crippen LogP contribution in [0.1, 0.15) is 6.92 Å². The number of aliphatic hydroxyl groups excluding tert-OH is 1. The Bertz CT molecular complexity index is 230. The Morgan fingerprint density at radius 2 is 2.43 bits per heavy atom. The van der Waals surface area contributed by atoms with Crippen LogP contribution in [-0.2, 0) is 9.47 Å². The molecule has 80 valence electrons. The molecule has 1 fully saturated rings. The zero-order valence-electron chi connectivity index (χ0n) is 8.33. The maximum Gasteiger partial charge on any atom is 0.107 e. The van der Waals surface area contributed by atoms with Crippen molar-refractivity contribution in [3.05, 3.63) is 10.4 Å². The lowest BCUT2D eigenvalue weighted by Gasteiger charge is -2.37. The monoisotopic (exact) mass is 201 g/mol. The Hall–Kier alpha value is -0.810. The third kappa shape index (κ3) is 2.16. The molecule has 0 amide bonds. The number of hydrogen-bond donors (Lipinski definition) is 1. The summed E-state index contributed by atoms with van der Waals surface area (Å²) in [6.07, 6.45) is -0.758. The molecule has 1 saturated heterocycles. The van der Waals surface area contributed by atoms with Crippen molar-refractivity contribution >= 4 is 0 Å². The van der Waals surface area contributed by atoms with Crippen molar-refractivity contribution < 1.29 is 14.6 Å². The SMILES string of the molecule is CO[C@H]1C(CO)OCC(C)[C@H]1N=[N+]=[N-]. The van der Waals surface area contributed by atoms with Gasteiger partial charge in [0.1, 0.15) is 6.10 Å². The molecule has 6 nitrogen and oxygen atoms in total. The first-order valence-electron chi connectivity index (χ1n) is 4.54. The van der Waals surface area contributed by atoms with Gasteiger partial charge in [-0.3, -0.25) is 0 Å². The van der Waals surface area contributed by atoms with Crippen molar-refractivity contribution in [2.24, 2.45) is 11.0 Å². The molecule has 1 aliphatic rings. The molecule has 0 saturated carbocycles. The largest absolute Gasteiger partial charge is 0.394 e. The highest BCUT2D eigenvalue weighted by Crippen LogP contribution is 2.24. The van der Waals surface area contributed by atoms with E-state index in [1.807, 2.05) is 6.92 Å². The van der Waals surface area contributed by atoms with Gasteiger partial charge in [-0.2, -0.15) is 0 Å². The van der Waals surface area contributed by atoms with Crippen LogP contribution in [0.2, 0.25) is 0 Å². The van der Waals surface area contributed by atoms with Crippen LogP contribution < -0.4 is 0 Å². The molecule has 0 aromatic heterocycles. The van der Waals surface area contributed by atoms with Crippen LogP contribution in [0.25, 0.3) is 10.4 Å². The average Bonchev–Trinajstić information content (AvgIpc) is 2.21. The first-order valence-corrected chi connectivity index (χ1v) is 4.54. The van der Waals surface area contributed by atoms with Crippen LogP contribution in [-0.4, -0.2) is 43.7 Å². The summed E-state index contributed by atoms with van der Waals surface area (Å²) in [5.41, 5.74) is 8.41. The average molecular weight is 201 g/mol. The quantitative estimate of drug-likeness (QED) is 0.414. The van der Waals surface area contributed by atoms with E-state index < -0.39 is 6.10 Å². The van der Waals surface area contributed by atoms with Crippen LogP contribution >= 0.6 is 0 Å². The molecule has 6 heteroatoms. The molecule has 0 aromatic carbocycles. The van der Waals surface area contributed by atoms with Crippen LogP contribution in [0, 0.1) is 5.92 Å². The van der Waals surface area contributed by atoms with Gasteiger partial charge < -0.3 is 14.6 Å². The molecule has 14 heavy (non-hydrogen) atoms.